The first kappa shape index (κ1) is 21.3. The molecule has 3 aromatic rings. The molecule has 1 fully saturated rings. The number of hydrogen-bond acceptors (Lipinski definition) is 5. The van der Waals surface area contributed by atoms with Crippen LogP contribution in [0.15, 0.2) is 65.8 Å². The second kappa shape index (κ2) is 9.89. The highest BCUT2D eigenvalue weighted by atomic mass is 32.2. The zero-order valence-electron chi connectivity index (χ0n) is 16.7. The summed E-state index contributed by atoms with van der Waals surface area (Å²) < 4.78 is 33.0. The summed E-state index contributed by atoms with van der Waals surface area (Å²) in [5.74, 6) is -0.510. The first-order valence-electron chi connectivity index (χ1n) is 9.86. The number of benzene rings is 2. The summed E-state index contributed by atoms with van der Waals surface area (Å²) in [6.45, 7) is 2.40. The van der Waals surface area contributed by atoms with Crippen molar-refractivity contribution < 1.29 is 18.3 Å². The number of rotatable bonds is 6. The van der Waals surface area contributed by atoms with Crippen molar-refractivity contribution in [3.05, 3.63) is 83.6 Å². The summed E-state index contributed by atoms with van der Waals surface area (Å²) in [7, 11) is 0. The normalized spacial score (nSPS) is 13.8. The van der Waals surface area contributed by atoms with Crippen LogP contribution in [-0.4, -0.2) is 37.2 Å². The molecular weight excluding hydrogens is 420 g/mol. The van der Waals surface area contributed by atoms with Crippen molar-refractivity contribution in [1.29, 1.82) is 0 Å². The van der Waals surface area contributed by atoms with Gasteiger partial charge in [-0.2, -0.15) is 0 Å². The summed E-state index contributed by atoms with van der Waals surface area (Å²) in [5.41, 5.74) is 2.19. The molecule has 1 saturated heterocycles. The number of amides is 1. The van der Waals surface area contributed by atoms with E-state index in [1.807, 2.05) is 4.90 Å². The Morgan fingerprint density at radius 1 is 1.10 bits per heavy atom. The van der Waals surface area contributed by atoms with E-state index in [-0.39, 0.29) is 11.7 Å². The molecule has 0 radical (unpaired) electrons. The Labute approximate surface area is 183 Å². The lowest BCUT2D eigenvalue weighted by atomic mass is 10.2. The molecule has 1 aliphatic heterocycles. The van der Waals surface area contributed by atoms with Gasteiger partial charge in [-0.05, 0) is 48.0 Å². The monoisotopic (exact) mass is 441 g/mol. The lowest BCUT2D eigenvalue weighted by Crippen LogP contribution is -2.36. The molecule has 1 aromatic heterocycles. The smallest absolute Gasteiger partial charge is 0.258 e. The number of hydrogen-bond donors (Lipinski definition) is 1. The Bertz CT molecular complexity index is 1060. The van der Waals surface area contributed by atoms with Gasteiger partial charge in [0.2, 0.25) is 0 Å². The van der Waals surface area contributed by atoms with Crippen molar-refractivity contribution in [2.24, 2.45) is 0 Å². The number of pyridine rings is 1. The minimum atomic E-state index is -0.392. The Morgan fingerprint density at radius 3 is 2.61 bits per heavy atom. The van der Waals surface area contributed by atoms with E-state index in [4.69, 9.17) is 4.74 Å². The number of nitrogens with zero attached hydrogens (tertiary/aromatic N) is 2. The number of carbonyl (C=O) groups excluding carboxylic acids is 1. The third-order valence-corrected chi connectivity index (χ3v) is 5.94. The van der Waals surface area contributed by atoms with Crippen LogP contribution in [0.25, 0.3) is 0 Å². The molecule has 1 aliphatic rings. The summed E-state index contributed by atoms with van der Waals surface area (Å²) >= 11 is 1.38. The van der Waals surface area contributed by atoms with Gasteiger partial charge in [0, 0.05) is 30.7 Å². The molecule has 0 aliphatic carbocycles. The van der Waals surface area contributed by atoms with Crippen LogP contribution in [-0.2, 0) is 10.5 Å². The van der Waals surface area contributed by atoms with E-state index in [0.717, 1.165) is 5.56 Å². The van der Waals surface area contributed by atoms with Crippen molar-refractivity contribution in [2.75, 3.05) is 36.5 Å². The molecule has 2 aromatic carbocycles. The highest BCUT2D eigenvalue weighted by Gasteiger charge is 2.17. The number of halogens is 2. The predicted molar refractivity (Wildman–Crippen MR) is 118 cm³/mol. The number of aromatic nitrogens is 1. The lowest BCUT2D eigenvalue weighted by Gasteiger charge is -2.29. The largest absolute Gasteiger partial charge is 0.378 e. The molecule has 2 heterocycles. The van der Waals surface area contributed by atoms with Gasteiger partial charge in [-0.15, -0.1) is 11.8 Å². The highest BCUT2D eigenvalue weighted by molar-refractivity contribution is 7.98. The van der Waals surface area contributed by atoms with E-state index in [1.54, 1.807) is 42.6 Å². The first-order chi connectivity index (χ1) is 15.1. The molecule has 8 heteroatoms. The molecule has 1 amide bonds. The van der Waals surface area contributed by atoms with Gasteiger partial charge >= 0.3 is 0 Å². The van der Waals surface area contributed by atoms with Gasteiger partial charge in [0.15, 0.2) is 0 Å². The maximum atomic E-state index is 14.6. The van der Waals surface area contributed by atoms with Gasteiger partial charge in [0.05, 0.1) is 24.5 Å². The number of thioether (sulfide) groups is 1. The average Bonchev–Trinajstić information content (AvgIpc) is 2.79. The maximum Gasteiger partial charge on any atom is 0.258 e. The molecule has 1 N–H and O–H groups in total. The molecule has 0 atom stereocenters. The summed E-state index contributed by atoms with van der Waals surface area (Å²) in [5, 5.41) is 3.30. The summed E-state index contributed by atoms with van der Waals surface area (Å²) in [6, 6.07) is 14.2. The van der Waals surface area contributed by atoms with Crippen LogP contribution >= 0.6 is 11.8 Å². The fourth-order valence-corrected chi connectivity index (χ4v) is 4.20. The number of anilines is 2. The van der Waals surface area contributed by atoms with Gasteiger partial charge in [-0.25, -0.2) is 13.8 Å². The second-order valence-corrected chi connectivity index (χ2v) is 7.96. The third kappa shape index (κ3) is 5.39. The molecule has 160 valence electrons. The van der Waals surface area contributed by atoms with Gasteiger partial charge in [-0.3, -0.25) is 4.79 Å². The molecule has 4 rings (SSSR count). The van der Waals surface area contributed by atoms with Crippen molar-refractivity contribution >= 4 is 29.0 Å². The number of carbonyl (C=O) groups is 1. The minimum Gasteiger partial charge on any atom is -0.378 e. The molecule has 5 nitrogen and oxygen atoms in total. The summed E-state index contributed by atoms with van der Waals surface area (Å²) in [6.07, 6.45) is 1.61. The number of nitrogens with one attached hydrogen (secondary N) is 1. The van der Waals surface area contributed by atoms with Crippen LogP contribution in [0.3, 0.4) is 0 Å². The van der Waals surface area contributed by atoms with Gasteiger partial charge in [-0.1, -0.05) is 12.1 Å². The van der Waals surface area contributed by atoms with Gasteiger partial charge < -0.3 is 15.0 Å². The van der Waals surface area contributed by atoms with Crippen LogP contribution in [0, 0.1) is 11.6 Å². The molecule has 31 heavy (non-hydrogen) atoms. The summed E-state index contributed by atoms with van der Waals surface area (Å²) in [4.78, 5) is 19.1. The highest BCUT2D eigenvalue weighted by Crippen LogP contribution is 2.27. The fraction of sp³-hybridized carbons (Fsp3) is 0.217. The molecule has 0 saturated carbocycles. The molecule has 0 spiro atoms. The van der Waals surface area contributed by atoms with E-state index in [9.17, 15) is 13.6 Å². The fourth-order valence-electron chi connectivity index (χ4n) is 3.25. The van der Waals surface area contributed by atoms with E-state index < -0.39 is 5.82 Å². The van der Waals surface area contributed by atoms with E-state index in [2.05, 4.69) is 10.3 Å². The lowest BCUT2D eigenvalue weighted by molar-refractivity contribution is 0.102. The van der Waals surface area contributed by atoms with Gasteiger partial charge in [0.25, 0.3) is 5.91 Å². The zero-order valence-corrected chi connectivity index (χ0v) is 17.5. The Hall–Kier alpha value is -2.97. The predicted octanol–water partition coefficient (Wildman–Crippen LogP) is 4.74. The van der Waals surface area contributed by atoms with E-state index in [0.29, 0.717) is 54.0 Å². The molecule has 0 bridgehead atoms. The zero-order chi connectivity index (χ0) is 21.6. The van der Waals surface area contributed by atoms with E-state index >= 15 is 0 Å². The van der Waals surface area contributed by atoms with Crippen LogP contribution < -0.4 is 10.2 Å². The Kier molecular flexibility index (Phi) is 6.79. The molecule has 0 unspecified atom stereocenters. The maximum absolute atomic E-state index is 14.6. The van der Waals surface area contributed by atoms with Crippen LogP contribution in [0.5, 0.6) is 0 Å². The second-order valence-electron chi connectivity index (χ2n) is 6.99. The standard InChI is InChI=1S/C23H21F2N3O2S/c24-17-5-3-16(4-6-17)15-31-23-19(2-1-9-26-23)22(29)27-18-7-8-21(20(25)14-18)28-10-12-30-13-11-28/h1-9,14H,10-13,15H2,(H,27,29). The third-order valence-electron chi connectivity index (χ3n) is 4.86. The minimum absolute atomic E-state index is 0.293. The van der Waals surface area contributed by atoms with Crippen LogP contribution in [0.1, 0.15) is 15.9 Å². The van der Waals surface area contributed by atoms with Crippen molar-refractivity contribution in [2.45, 2.75) is 10.8 Å². The van der Waals surface area contributed by atoms with Crippen molar-refractivity contribution in [3.63, 3.8) is 0 Å². The van der Waals surface area contributed by atoms with E-state index in [1.165, 1.54) is 30.0 Å². The Morgan fingerprint density at radius 2 is 1.87 bits per heavy atom. The number of morpholine rings is 1. The number of ether oxygens (including phenoxy) is 1. The van der Waals surface area contributed by atoms with Crippen molar-refractivity contribution in [1.82, 2.24) is 4.98 Å². The topological polar surface area (TPSA) is 54.5 Å². The SMILES string of the molecule is O=C(Nc1ccc(N2CCOCC2)c(F)c1)c1cccnc1SCc1ccc(F)cc1. The average molecular weight is 442 g/mol. The Balaban J connectivity index is 1.45. The molecular formula is C23H21F2N3O2S. The van der Waals surface area contributed by atoms with Crippen LogP contribution in [0.2, 0.25) is 0 Å². The quantitative estimate of drug-likeness (QED) is 0.560. The first-order valence-corrected chi connectivity index (χ1v) is 10.8. The van der Waals surface area contributed by atoms with Gasteiger partial charge in [0.1, 0.15) is 16.7 Å². The van der Waals surface area contributed by atoms with Crippen molar-refractivity contribution in [3.8, 4) is 0 Å². The van der Waals surface area contributed by atoms with Crippen LogP contribution in [0.4, 0.5) is 20.2 Å².